The Hall–Kier alpha value is -0.960. The average molecular weight is 262 g/mol. The molecule has 0 amide bonds. The summed E-state index contributed by atoms with van der Waals surface area (Å²) < 4.78 is 31.0. The van der Waals surface area contributed by atoms with Crippen molar-refractivity contribution in [1.29, 1.82) is 0 Å². The molecule has 0 fully saturated rings. The molecule has 1 aromatic heterocycles. The molecule has 0 aromatic carbocycles. The molecule has 98 valence electrons. The number of H-pyrrole nitrogens is 1. The van der Waals surface area contributed by atoms with Gasteiger partial charge in [-0.2, -0.15) is 5.10 Å². The van der Waals surface area contributed by atoms with Gasteiger partial charge >= 0.3 is 0 Å². The SMILES string of the molecule is CCNCc1cn[nH]c1S(=O)(=O)NCCOC. The van der Waals surface area contributed by atoms with Crippen LogP contribution in [0.25, 0.3) is 0 Å². The fourth-order valence-electron chi connectivity index (χ4n) is 1.27. The van der Waals surface area contributed by atoms with E-state index in [-0.39, 0.29) is 11.6 Å². The Labute approximate surface area is 101 Å². The van der Waals surface area contributed by atoms with Crippen molar-refractivity contribution < 1.29 is 13.2 Å². The summed E-state index contributed by atoms with van der Waals surface area (Å²) in [5.41, 5.74) is 0.622. The number of hydrogen-bond acceptors (Lipinski definition) is 5. The van der Waals surface area contributed by atoms with E-state index in [4.69, 9.17) is 4.74 Å². The van der Waals surface area contributed by atoms with Gasteiger partial charge < -0.3 is 10.1 Å². The van der Waals surface area contributed by atoms with E-state index >= 15 is 0 Å². The van der Waals surface area contributed by atoms with E-state index in [0.717, 1.165) is 6.54 Å². The van der Waals surface area contributed by atoms with Crippen molar-refractivity contribution in [2.45, 2.75) is 18.5 Å². The first-order valence-corrected chi connectivity index (χ1v) is 6.81. The second-order valence-corrected chi connectivity index (χ2v) is 5.10. The predicted molar refractivity (Wildman–Crippen MR) is 63.0 cm³/mol. The van der Waals surface area contributed by atoms with Gasteiger partial charge in [0.05, 0.1) is 12.8 Å². The lowest BCUT2D eigenvalue weighted by atomic mass is 10.3. The maximum Gasteiger partial charge on any atom is 0.257 e. The van der Waals surface area contributed by atoms with Gasteiger partial charge in [-0.1, -0.05) is 6.92 Å². The van der Waals surface area contributed by atoms with Crippen LogP contribution < -0.4 is 10.0 Å². The van der Waals surface area contributed by atoms with E-state index in [2.05, 4.69) is 20.2 Å². The summed E-state index contributed by atoms with van der Waals surface area (Å²) in [6, 6.07) is 0. The molecule has 1 rings (SSSR count). The lowest BCUT2D eigenvalue weighted by molar-refractivity contribution is 0.204. The predicted octanol–water partition coefficient (Wildman–Crippen LogP) is -0.556. The number of aromatic nitrogens is 2. The quantitative estimate of drug-likeness (QED) is 0.546. The number of sulfonamides is 1. The Balaban J connectivity index is 2.73. The van der Waals surface area contributed by atoms with Crippen LogP contribution in [0.2, 0.25) is 0 Å². The summed E-state index contributed by atoms with van der Waals surface area (Å²) >= 11 is 0. The molecule has 3 N–H and O–H groups in total. The number of nitrogens with zero attached hydrogens (tertiary/aromatic N) is 1. The van der Waals surface area contributed by atoms with Crippen LogP contribution in [0.5, 0.6) is 0 Å². The van der Waals surface area contributed by atoms with Crippen LogP contribution >= 0.6 is 0 Å². The second kappa shape index (κ2) is 6.70. The summed E-state index contributed by atoms with van der Waals surface area (Å²) in [7, 11) is -2.02. The van der Waals surface area contributed by atoms with Crippen molar-refractivity contribution in [1.82, 2.24) is 20.2 Å². The number of aromatic amines is 1. The highest BCUT2D eigenvalue weighted by molar-refractivity contribution is 7.89. The number of ether oxygens (including phenoxy) is 1. The van der Waals surface area contributed by atoms with E-state index in [1.54, 1.807) is 0 Å². The van der Waals surface area contributed by atoms with Crippen LogP contribution in [-0.4, -0.2) is 45.4 Å². The van der Waals surface area contributed by atoms with E-state index in [9.17, 15) is 8.42 Å². The maximum atomic E-state index is 11.9. The summed E-state index contributed by atoms with van der Waals surface area (Å²) in [6.45, 7) is 3.74. The van der Waals surface area contributed by atoms with E-state index < -0.39 is 10.0 Å². The Morgan fingerprint density at radius 3 is 2.94 bits per heavy atom. The molecule has 0 aliphatic rings. The summed E-state index contributed by atoms with van der Waals surface area (Å²) in [4.78, 5) is 0. The fraction of sp³-hybridized carbons (Fsp3) is 0.667. The molecule has 0 spiro atoms. The topological polar surface area (TPSA) is 96.1 Å². The number of hydrogen-bond donors (Lipinski definition) is 3. The first-order valence-electron chi connectivity index (χ1n) is 5.33. The maximum absolute atomic E-state index is 11.9. The van der Waals surface area contributed by atoms with Gasteiger partial charge in [0.15, 0.2) is 5.03 Å². The van der Waals surface area contributed by atoms with Gasteiger partial charge in [0, 0.05) is 25.8 Å². The van der Waals surface area contributed by atoms with Crippen LogP contribution in [0, 0.1) is 0 Å². The Bertz CT molecular complexity index is 429. The molecule has 0 unspecified atom stereocenters. The smallest absolute Gasteiger partial charge is 0.257 e. The van der Waals surface area contributed by atoms with E-state index in [0.29, 0.717) is 18.7 Å². The van der Waals surface area contributed by atoms with Crippen molar-refractivity contribution in [3.63, 3.8) is 0 Å². The first kappa shape index (κ1) is 14.1. The third kappa shape index (κ3) is 4.08. The van der Waals surface area contributed by atoms with Crippen LogP contribution in [-0.2, 0) is 21.3 Å². The molecule has 17 heavy (non-hydrogen) atoms. The Morgan fingerprint density at radius 2 is 2.29 bits per heavy atom. The van der Waals surface area contributed by atoms with Gasteiger partial charge in [-0.05, 0) is 6.54 Å². The molecular weight excluding hydrogens is 244 g/mol. The standard InChI is InChI=1S/C9H18N4O3S/c1-3-10-6-8-7-11-13-9(8)17(14,15)12-4-5-16-2/h7,10,12H,3-6H2,1-2H3,(H,11,13). The van der Waals surface area contributed by atoms with Crippen molar-refractivity contribution in [2.24, 2.45) is 0 Å². The monoisotopic (exact) mass is 262 g/mol. The highest BCUT2D eigenvalue weighted by Gasteiger charge is 2.19. The molecule has 0 aliphatic heterocycles. The summed E-state index contributed by atoms with van der Waals surface area (Å²) in [5.74, 6) is 0. The number of rotatable bonds is 8. The molecule has 0 bridgehead atoms. The zero-order valence-electron chi connectivity index (χ0n) is 9.99. The molecule has 8 heteroatoms. The minimum absolute atomic E-state index is 0.106. The number of methoxy groups -OCH3 is 1. The molecular formula is C9H18N4O3S. The normalized spacial score (nSPS) is 11.9. The summed E-state index contributed by atoms with van der Waals surface area (Å²) in [5, 5.41) is 9.41. The minimum Gasteiger partial charge on any atom is -0.383 e. The van der Waals surface area contributed by atoms with Gasteiger partial charge in [-0.25, -0.2) is 13.1 Å². The molecule has 7 nitrogen and oxygen atoms in total. The summed E-state index contributed by atoms with van der Waals surface area (Å²) in [6.07, 6.45) is 1.51. The van der Waals surface area contributed by atoms with Crippen LogP contribution in [0.15, 0.2) is 11.2 Å². The third-order valence-corrected chi connectivity index (χ3v) is 3.59. The van der Waals surface area contributed by atoms with Gasteiger partial charge in [0.2, 0.25) is 0 Å². The Morgan fingerprint density at radius 1 is 1.53 bits per heavy atom. The van der Waals surface area contributed by atoms with E-state index in [1.807, 2.05) is 6.92 Å². The molecule has 1 heterocycles. The largest absolute Gasteiger partial charge is 0.383 e. The molecule has 0 radical (unpaired) electrons. The van der Waals surface area contributed by atoms with Crippen molar-refractivity contribution in [3.05, 3.63) is 11.8 Å². The van der Waals surface area contributed by atoms with E-state index in [1.165, 1.54) is 13.3 Å². The van der Waals surface area contributed by atoms with Crippen molar-refractivity contribution >= 4 is 10.0 Å². The zero-order valence-corrected chi connectivity index (χ0v) is 10.8. The van der Waals surface area contributed by atoms with Crippen LogP contribution in [0.3, 0.4) is 0 Å². The fourth-order valence-corrected chi connectivity index (χ4v) is 2.41. The average Bonchev–Trinajstić information content (AvgIpc) is 2.75. The first-order chi connectivity index (χ1) is 8.11. The molecule has 0 saturated carbocycles. The Kier molecular flexibility index (Phi) is 5.56. The molecule has 1 aromatic rings. The van der Waals surface area contributed by atoms with Crippen molar-refractivity contribution in [3.8, 4) is 0 Å². The minimum atomic E-state index is -3.54. The number of nitrogens with one attached hydrogen (secondary N) is 3. The molecule has 0 atom stereocenters. The highest BCUT2D eigenvalue weighted by Crippen LogP contribution is 2.10. The molecule has 0 aliphatic carbocycles. The lowest BCUT2D eigenvalue weighted by Gasteiger charge is -2.06. The van der Waals surface area contributed by atoms with Gasteiger partial charge in [-0.15, -0.1) is 0 Å². The highest BCUT2D eigenvalue weighted by atomic mass is 32.2. The van der Waals surface area contributed by atoms with Gasteiger partial charge in [0.25, 0.3) is 10.0 Å². The van der Waals surface area contributed by atoms with Crippen LogP contribution in [0.4, 0.5) is 0 Å². The zero-order chi connectivity index (χ0) is 12.7. The van der Waals surface area contributed by atoms with Crippen molar-refractivity contribution in [2.75, 3.05) is 26.8 Å². The lowest BCUT2D eigenvalue weighted by Crippen LogP contribution is -2.28. The van der Waals surface area contributed by atoms with Gasteiger partial charge in [0.1, 0.15) is 0 Å². The second-order valence-electron chi connectivity index (χ2n) is 3.40. The third-order valence-electron chi connectivity index (χ3n) is 2.11. The van der Waals surface area contributed by atoms with Crippen LogP contribution in [0.1, 0.15) is 12.5 Å². The van der Waals surface area contributed by atoms with Gasteiger partial charge in [-0.3, -0.25) is 5.10 Å². The molecule has 0 saturated heterocycles.